The number of hydrogen-bond acceptors (Lipinski definition) is 3. The fourth-order valence-electron chi connectivity index (χ4n) is 3.45. The molecule has 0 N–H and O–H groups in total. The summed E-state index contributed by atoms with van der Waals surface area (Å²) in [5, 5.41) is 0. The molecule has 1 aromatic rings. The Morgan fingerprint density at radius 2 is 1.78 bits per heavy atom. The number of para-hydroxylation sites is 1. The summed E-state index contributed by atoms with van der Waals surface area (Å²) in [5.41, 5.74) is 1.85. The Kier molecular flexibility index (Phi) is 4.15. The summed E-state index contributed by atoms with van der Waals surface area (Å²) in [4.78, 5) is 30.9. The molecule has 1 fully saturated rings. The van der Waals surface area contributed by atoms with Crippen molar-refractivity contribution in [2.45, 2.75) is 25.7 Å². The largest absolute Gasteiger partial charge is 0.339 e. The molecule has 2 aliphatic rings. The molecule has 1 aromatic carbocycles. The highest BCUT2D eigenvalue weighted by atomic mass is 16.2. The van der Waals surface area contributed by atoms with Crippen LogP contribution in [0, 0.1) is 0 Å². The van der Waals surface area contributed by atoms with Crippen LogP contribution in [-0.2, 0) is 15.0 Å². The second-order valence-electron chi connectivity index (χ2n) is 7.24. The smallest absolute Gasteiger partial charge is 0.242 e. The number of carbonyl (C=O) groups excluding carboxylic acids is 2. The summed E-state index contributed by atoms with van der Waals surface area (Å²) in [7, 11) is 2.06. The number of anilines is 1. The molecular weight excluding hydrogens is 290 g/mol. The molecule has 0 aromatic heterocycles. The number of amides is 2. The number of rotatable bonds is 2. The van der Waals surface area contributed by atoms with Crippen LogP contribution in [0.5, 0.6) is 0 Å². The van der Waals surface area contributed by atoms with Crippen LogP contribution in [0.3, 0.4) is 0 Å². The number of fused-ring (bicyclic) bond motifs is 1. The minimum absolute atomic E-state index is 0.0381. The van der Waals surface area contributed by atoms with Gasteiger partial charge >= 0.3 is 0 Å². The summed E-state index contributed by atoms with van der Waals surface area (Å²) in [6, 6.07) is 7.94. The number of likely N-dealkylation sites (N-methyl/N-ethyl adjacent to an activating group) is 1. The van der Waals surface area contributed by atoms with Crippen molar-refractivity contribution in [1.29, 1.82) is 0 Å². The maximum atomic E-state index is 12.6. The molecular formula is C18H25N3O2. The lowest BCUT2D eigenvalue weighted by molar-refractivity contribution is -0.133. The van der Waals surface area contributed by atoms with E-state index in [0.717, 1.165) is 37.4 Å². The SMILES string of the molecule is CN1CCN(C(=O)CN2C(=O)CC(C)(C)c3ccccc32)CC1. The van der Waals surface area contributed by atoms with Crippen LogP contribution in [0.4, 0.5) is 5.69 Å². The molecule has 0 atom stereocenters. The van der Waals surface area contributed by atoms with Crippen LogP contribution < -0.4 is 4.90 Å². The van der Waals surface area contributed by atoms with E-state index >= 15 is 0 Å². The average Bonchev–Trinajstić information content (AvgIpc) is 2.51. The summed E-state index contributed by atoms with van der Waals surface area (Å²) in [6.07, 6.45) is 0.444. The van der Waals surface area contributed by atoms with Crippen molar-refractivity contribution in [3.63, 3.8) is 0 Å². The van der Waals surface area contributed by atoms with Crippen molar-refractivity contribution in [1.82, 2.24) is 9.80 Å². The first-order valence-electron chi connectivity index (χ1n) is 8.25. The summed E-state index contributed by atoms with van der Waals surface area (Å²) >= 11 is 0. The molecule has 5 heteroatoms. The first kappa shape index (κ1) is 16.0. The molecule has 0 radical (unpaired) electrons. The molecule has 124 valence electrons. The molecule has 23 heavy (non-hydrogen) atoms. The summed E-state index contributed by atoms with van der Waals surface area (Å²) in [6.45, 7) is 7.59. The van der Waals surface area contributed by atoms with Gasteiger partial charge in [-0.1, -0.05) is 32.0 Å². The van der Waals surface area contributed by atoms with Crippen LogP contribution in [0.15, 0.2) is 24.3 Å². The maximum absolute atomic E-state index is 12.6. The van der Waals surface area contributed by atoms with Crippen LogP contribution in [0.1, 0.15) is 25.8 Å². The number of hydrogen-bond donors (Lipinski definition) is 0. The molecule has 1 saturated heterocycles. The van der Waals surface area contributed by atoms with Gasteiger partial charge in [0, 0.05) is 43.7 Å². The highest BCUT2D eigenvalue weighted by Crippen LogP contribution is 2.39. The quantitative estimate of drug-likeness (QED) is 0.830. The maximum Gasteiger partial charge on any atom is 0.242 e. The molecule has 2 amide bonds. The predicted octanol–water partition coefficient (Wildman–Crippen LogP) is 1.47. The molecule has 0 unspecified atom stereocenters. The number of nitrogens with zero attached hydrogens (tertiary/aromatic N) is 3. The Balaban J connectivity index is 1.80. The Labute approximate surface area is 137 Å². The van der Waals surface area contributed by atoms with Crippen LogP contribution in [-0.4, -0.2) is 61.4 Å². The second-order valence-corrected chi connectivity index (χ2v) is 7.24. The van der Waals surface area contributed by atoms with Crippen molar-refractivity contribution in [2.24, 2.45) is 0 Å². The Morgan fingerprint density at radius 1 is 1.13 bits per heavy atom. The number of piperazine rings is 1. The third kappa shape index (κ3) is 3.11. The number of benzene rings is 1. The Morgan fingerprint density at radius 3 is 2.48 bits per heavy atom. The van der Waals surface area contributed by atoms with E-state index in [1.54, 1.807) is 4.90 Å². The lowest BCUT2D eigenvalue weighted by Crippen LogP contribution is -2.52. The lowest BCUT2D eigenvalue weighted by atomic mass is 9.77. The average molecular weight is 315 g/mol. The van der Waals surface area contributed by atoms with Crippen LogP contribution >= 0.6 is 0 Å². The molecule has 0 saturated carbocycles. The van der Waals surface area contributed by atoms with Crippen molar-refractivity contribution >= 4 is 17.5 Å². The monoisotopic (exact) mass is 315 g/mol. The van der Waals surface area contributed by atoms with E-state index in [0.29, 0.717) is 6.42 Å². The van der Waals surface area contributed by atoms with Crippen molar-refractivity contribution in [3.8, 4) is 0 Å². The standard InChI is InChI=1S/C18H25N3O2/c1-18(2)12-16(22)21(15-7-5-4-6-14(15)18)13-17(23)20-10-8-19(3)9-11-20/h4-7H,8-13H2,1-3H3. The molecule has 5 nitrogen and oxygen atoms in total. The molecule has 2 heterocycles. The molecule has 2 aliphatic heterocycles. The fraction of sp³-hybridized carbons (Fsp3) is 0.556. The van der Waals surface area contributed by atoms with Gasteiger partial charge in [-0.3, -0.25) is 9.59 Å². The second kappa shape index (κ2) is 5.96. The fourth-order valence-corrected chi connectivity index (χ4v) is 3.45. The normalized spacial score (nSPS) is 21.3. The first-order valence-corrected chi connectivity index (χ1v) is 8.25. The summed E-state index contributed by atoms with van der Waals surface area (Å²) in [5.74, 6) is 0.0807. The van der Waals surface area contributed by atoms with Crippen molar-refractivity contribution in [2.75, 3.05) is 44.7 Å². The van der Waals surface area contributed by atoms with E-state index in [9.17, 15) is 9.59 Å². The van der Waals surface area contributed by atoms with Gasteiger partial charge in [-0.2, -0.15) is 0 Å². The topological polar surface area (TPSA) is 43.9 Å². The van der Waals surface area contributed by atoms with Gasteiger partial charge in [0.2, 0.25) is 11.8 Å². The Hall–Kier alpha value is -1.88. The zero-order chi connectivity index (χ0) is 16.6. The van der Waals surface area contributed by atoms with E-state index in [2.05, 4.69) is 31.9 Å². The van der Waals surface area contributed by atoms with Gasteiger partial charge in [0.15, 0.2) is 0 Å². The predicted molar refractivity (Wildman–Crippen MR) is 90.5 cm³/mol. The highest BCUT2D eigenvalue weighted by molar-refractivity contribution is 6.02. The van der Waals surface area contributed by atoms with Gasteiger partial charge in [-0.25, -0.2) is 0 Å². The third-order valence-electron chi connectivity index (χ3n) is 4.97. The van der Waals surface area contributed by atoms with Gasteiger partial charge in [0.05, 0.1) is 0 Å². The lowest BCUT2D eigenvalue weighted by Gasteiger charge is -2.39. The van der Waals surface area contributed by atoms with Gasteiger partial charge in [0.25, 0.3) is 0 Å². The minimum Gasteiger partial charge on any atom is -0.339 e. The molecule has 0 aliphatic carbocycles. The van der Waals surface area contributed by atoms with Gasteiger partial charge in [-0.15, -0.1) is 0 Å². The molecule has 0 spiro atoms. The van der Waals surface area contributed by atoms with Gasteiger partial charge in [-0.05, 0) is 18.7 Å². The highest BCUT2D eigenvalue weighted by Gasteiger charge is 2.37. The Bertz CT molecular complexity index is 618. The van der Waals surface area contributed by atoms with E-state index in [1.165, 1.54) is 0 Å². The van der Waals surface area contributed by atoms with Crippen molar-refractivity contribution in [3.05, 3.63) is 29.8 Å². The van der Waals surface area contributed by atoms with Gasteiger partial charge < -0.3 is 14.7 Å². The zero-order valence-corrected chi connectivity index (χ0v) is 14.2. The van der Waals surface area contributed by atoms with E-state index in [-0.39, 0.29) is 23.8 Å². The zero-order valence-electron chi connectivity index (χ0n) is 14.2. The van der Waals surface area contributed by atoms with E-state index in [1.807, 2.05) is 23.1 Å². The van der Waals surface area contributed by atoms with Gasteiger partial charge in [0.1, 0.15) is 6.54 Å². The summed E-state index contributed by atoms with van der Waals surface area (Å²) < 4.78 is 0. The minimum atomic E-state index is -0.180. The first-order chi connectivity index (χ1) is 10.9. The van der Waals surface area contributed by atoms with E-state index in [4.69, 9.17) is 0 Å². The molecule has 0 bridgehead atoms. The molecule has 3 rings (SSSR count). The van der Waals surface area contributed by atoms with E-state index < -0.39 is 0 Å². The number of carbonyl (C=O) groups is 2. The van der Waals surface area contributed by atoms with Crippen molar-refractivity contribution < 1.29 is 9.59 Å². The van der Waals surface area contributed by atoms with Crippen LogP contribution in [0.25, 0.3) is 0 Å². The van der Waals surface area contributed by atoms with Crippen LogP contribution in [0.2, 0.25) is 0 Å². The third-order valence-corrected chi connectivity index (χ3v) is 4.97.